The molecule has 0 bridgehead atoms. The fourth-order valence-electron chi connectivity index (χ4n) is 2.39. The number of thioether (sulfide) groups is 1. The molecular weight excluding hydrogens is 353 g/mol. The predicted molar refractivity (Wildman–Crippen MR) is 99.2 cm³/mol. The molecule has 6 nitrogen and oxygen atoms in total. The summed E-state index contributed by atoms with van der Waals surface area (Å²) in [6.45, 7) is 1.90. The number of para-hydroxylation sites is 1. The van der Waals surface area contributed by atoms with Crippen molar-refractivity contribution in [3.8, 4) is 11.4 Å². The lowest BCUT2D eigenvalue weighted by molar-refractivity contribution is -0.115. The number of benzene rings is 1. The maximum atomic E-state index is 13.7. The Labute approximate surface area is 154 Å². The first-order chi connectivity index (χ1) is 12.6. The average Bonchev–Trinajstić information content (AvgIpc) is 3.02. The van der Waals surface area contributed by atoms with E-state index >= 15 is 0 Å². The molecule has 1 N–H and O–H groups in total. The number of pyridine rings is 1. The summed E-state index contributed by atoms with van der Waals surface area (Å²) in [7, 11) is 1.84. The SMILES string of the molecule is CC[C@H](Sc1nnc(-c2cccnc2)n1C)C(=O)Nc1ccccc1F. The van der Waals surface area contributed by atoms with Crippen molar-refractivity contribution in [2.45, 2.75) is 23.8 Å². The van der Waals surface area contributed by atoms with Gasteiger partial charge in [-0.25, -0.2) is 4.39 Å². The molecule has 0 spiro atoms. The molecule has 0 radical (unpaired) electrons. The van der Waals surface area contributed by atoms with Crippen LogP contribution in [0.2, 0.25) is 0 Å². The van der Waals surface area contributed by atoms with Gasteiger partial charge >= 0.3 is 0 Å². The third kappa shape index (κ3) is 3.91. The van der Waals surface area contributed by atoms with Gasteiger partial charge in [0, 0.05) is 25.0 Å². The Morgan fingerprint density at radius 1 is 1.27 bits per heavy atom. The van der Waals surface area contributed by atoms with Crippen LogP contribution in [0.15, 0.2) is 53.9 Å². The number of carbonyl (C=O) groups excluding carboxylic acids is 1. The highest BCUT2D eigenvalue weighted by Gasteiger charge is 2.22. The normalized spacial score (nSPS) is 12.0. The molecule has 3 aromatic rings. The number of nitrogens with zero attached hydrogens (tertiary/aromatic N) is 4. The van der Waals surface area contributed by atoms with Gasteiger partial charge in [0.1, 0.15) is 5.82 Å². The summed E-state index contributed by atoms with van der Waals surface area (Å²) in [6.07, 6.45) is 3.97. The summed E-state index contributed by atoms with van der Waals surface area (Å²) < 4.78 is 15.6. The van der Waals surface area contributed by atoms with Crippen molar-refractivity contribution < 1.29 is 9.18 Å². The first-order valence-corrected chi connectivity index (χ1v) is 9.00. The number of hydrogen-bond acceptors (Lipinski definition) is 5. The molecule has 0 fully saturated rings. The first kappa shape index (κ1) is 18.1. The molecule has 8 heteroatoms. The minimum Gasteiger partial charge on any atom is -0.323 e. The molecule has 0 saturated carbocycles. The van der Waals surface area contributed by atoms with E-state index in [9.17, 15) is 9.18 Å². The van der Waals surface area contributed by atoms with Crippen LogP contribution in [-0.4, -0.2) is 30.9 Å². The fourth-order valence-corrected chi connectivity index (χ4v) is 3.31. The van der Waals surface area contributed by atoms with Gasteiger partial charge in [0.2, 0.25) is 5.91 Å². The zero-order chi connectivity index (χ0) is 18.5. The second-order valence-corrected chi connectivity index (χ2v) is 6.76. The predicted octanol–water partition coefficient (Wildman–Crippen LogP) is 3.53. The minimum absolute atomic E-state index is 0.172. The second kappa shape index (κ2) is 8.09. The number of anilines is 1. The number of halogens is 1. The van der Waals surface area contributed by atoms with Crippen LogP contribution in [0.25, 0.3) is 11.4 Å². The Bertz CT molecular complexity index is 900. The maximum absolute atomic E-state index is 13.7. The van der Waals surface area contributed by atoms with E-state index in [1.165, 1.54) is 23.9 Å². The van der Waals surface area contributed by atoms with Gasteiger partial charge in [0.05, 0.1) is 10.9 Å². The molecule has 0 aliphatic carbocycles. The Kier molecular flexibility index (Phi) is 5.62. The average molecular weight is 371 g/mol. The molecular formula is C18H18FN5OS. The molecule has 1 amide bonds. The number of rotatable bonds is 6. The summed E-state index contributed by atoms with van der Waals surface area (Å²) in [4.78, 5) is 16.6. The highest BCUT2D eigenvalue weighted by Crippen LogP contribution is 2.28. The zero-order valence-electron chi connectivity index (χ0n) is 14.4. The Hall–Kier alpha value is -2.74. The van der Waals surface area contributed by atoms with Crippen molar-refractivity contribution in [1.82, 2.24) is 19.7 Å². The van der Waals surface area contributed by atoms with E-state index in [4.69, 9.17) is 0 Å². The van der Waals surface area contributed by atoms with Crippen LogP contribution in [0, 0.1) is 5.82 Å². The Morgan fingerprint density at radius 3 is 2.77 bits per heavy atom. The first-order valence-electron chi connectivity index (χ1n) is 8.12. The van der Waals surface area contributed by atoms with E-state index in [2.05, 4.69) is 20.5 Å². The molecule has 1 atom stereocenters. The van der Waals surface area contributed by atoms with Gasteiger partial charge in [-0.3, -0.25) is 9.78 Å². The lowest BCUT2D eigenvalue weighted by atomic mass is 10.2. The van der Waals surface area contributed by atoms with Gasteiger partial charge < -0.3 is 9.88 Å². The van der Waals surface area contributed by atoms with Crippen LogP contribution >= 0.6 is 11.8 Å². The largest absolute Gasteiger partial charge is 0.323 e. The van der Waals surface area contributed by atoms with Gasteiger partial charge in [-0.2, -0.15) is 0 Å². The smallest absolute Gasteiger partial charge is 0.238 e. The van der Waals surface area contributed by atoms with E-state index in [1.807, 2.05) is 30.7 Å². The molecule has 0 unspecified atom stereocenters. The van der Waals surface area contributed by atoms with Crippen molar-refractivity contribution >= 4 is 23.4 Å². The maximum Gasteiger partial charge on any atom is 0.238 e. The molecule has 1 aromatic carbocycles. The molecule has 26 heavy (non-hydrogen) atoms. The van der Waals surface area contributed by atoms with Gasteiger partial charge in [0.25, 0.3) is 0 Å². The highest BCUT2D eigenvalue weighted by molar-refractivity contribution is 8.00. The van der Waals surface area contributed by atoms with Crippen molar-refractivity contribution in [3.63, 3.8) is 0 Å². The van der Waals surface area contributed by atoms with Gasteiger partial charge in [-0.15, -0.1) is 10.2 Å². The molecule has 2 aromatic heterocycles. The van der Waals surface area contributed by atoms with E-state index in [0.29, 0.717) is 17.4 Å². The topological polar surface area (TPSA) is 72.7 Å². The molecule has 0 saturated heterocycles. The van der Waals surface area contributed by atoms with Gasteiger partial charge in [-0.1, -0.05) is 30.8 Å². The van der Waals surface area contributed by atoms with Crippen molar-refractivity contribution in [2.24, 2.45) is 7.05 Å². The third-order valence-electron chi connectivity index (χ3n) is 3.80. The van der Waals surface area contributed by atoms with E-state index < -0.39 is 11.1 Å². The summed E-state index contributed by atoms with van der Waals surface area (Å²) in [6, 6.07) is 9.83. The molecule has 134 valence electrons. The molecule has 0 aliphatic heterocycles. The Morgan fingerprint density at radius 2 is 2.08 bits per heavy atom. The van der Waals surface area contributed by atoms with Crippen molar-refractivity contribution in [3.05, 3.63) is 54.6 Å². The molecule has 3 rings (SSSR count). The summed E-state index contributed by atoms with van der Waals surface area (Å²) >= 11 is 1.30. The fraction of sp³-hybridized carbons (Fsp3) is 0.222. The van der Waals surface area contributed by atoms with Crippen LogP contribution in [0.3, 0.4) is 0 Å². The van der Waals surface area contributed by atoms with Gasteiger partial charge in [-0.05, 0) is 30.7 Å². The highest BCUT2D eigenvalue weighted by atomic mass is 32.2. The van der Waals surface area contributed by atoms with Crippen LogP contribution in [0.5, 0.6) is 0 Å². The summed E-state index contributed by atoms with van der Waals surface area (Å²) in [5.74, 6) is -0.0586. The van der Waals surface area contributed by atoms with E-state index in [-0.39, 0.29) is 11.6 Å². The number of aromatic nitrogens is 4. The lowest BCUT2D eigenvalue weighted by Crippen LogP contribution is -2.25. The van der Waals surface area contributed by atoms with Crippen molar-refractivity contribution in [2.75, 3.05) is 5.32 Å². The number of carbonyl (C=O) groups is 1. The monoisotopic (exact) mass is 371 g/mol. The minimum atomic E-state index is -0.460. The molecule has 0 aliphatic rings. The number of hydrogen-bond donors (Lipinski definition) is 1. The molecule has 2 heterocycles. The van der Waals surface area contributed by atoms with Crippen LogP contribution in [0.1, 0.15) is 13.3 Å². The number of amides is 1. The number of nitrogens with one attached hydrogen (secondary N) is 1. The third-order valence-corrected chi connectivity index (χ3v) is 5.20. The van der Waals surface area contributed by atoms with E-state index in [0.717, 1.165) is 5.56 Å². The Balaban J connectivity index is 1.75. The van der Waals surface area contributed by atoms with Crippen molar-refractivity contribution in [1.29, 1.82) is 0 Å². The van der Waals surface area contributed by atoms with Crippen LogP contribution < -0.4 is 5.32 Å². The lowest BCUT2D eigenvalue weighted by Gasteiger charge is -2.14. The quantitative estimate of drug-likeness (QED) is 0.671. The second-order valence-electron chi connectivity index (χ2n) is 5.59. The summed E-state index contributed by atoms with van der Waals surface area (Å²) in [5.41, 5.74) is 1.02. The van der Waals surface area contributed by atoms with Crippen LogP contribution in [-0.2, 0) is 11.8 Å². The van der Waals surface area contributed by atoms with E-state index in [1.54, 1.807) is 24.5 Å². The zero-order valence-corrected chi connectivity index (χ0v) is 15.2. The standard InChI is InChI=1S/C18H18FN5OS/c1-3-15(17(25)21-14-9-5-4-8-13(14)19)26-18-23-22-16(24(18)2)12-7-6-10-20-11-12/h4-11,15H,3H2,1-2H3,(H,21,25)/t15-/m0/s1. The van der Waals surface area contributed by atoms with Crippen LogP contribution in [0.4, 0.5) is 10.1 Å². The van der Waals surface area contributed by atoms with Gasteiger partial charge in [0.15, 0.2) is 11.0 Å². The summed E-state index contributed by atoms with van der Waals surface area (Å²) in [5, 5.41) is 11.2.